The first kappa shape index (κ1) is 20.8. The number of anilines is 1. The minimum atomic E-state index is -4.75. The number of nitrogens with one attached hydrogen (secondary N) is 1. The molecule has 10 heteroatoms. The third-order valence-corrected chi connectivity index (χ3v) is 5.25. The Labute approximate surface area is 159 Å². The molecule has 0 bridgehead atoms. The smallest absolute Gasteiger partial charge is 0.341 e. The van der Waals surface area contributed by atoms with E-state index in [2.05, 4.69) is 5.32 Å². The molecule has 1 amide bonds. The quantitative estimate of drug-likeness (QED) is 0.727. The summed E-state index contributed by atoms with van der Waals surface area (Å²) in [6.07, 6.45) is 0. The average molecular weight is 418 g/mol. The standard InChI is InChI=1S/C17H14ClF2NO5S/c1-10-2-5-12(8-14(10)18)21-15(22)9-26-16(23)11-3-6-13(7-4-11)27(24,25)17(19)20/h2-8,17H,9H2,1H3,(H,21,22). The SMILES string of the molecule is Cc1ccc(NC(=O)COC(=O)c2ccc(S(=O)(=O)C(F)F)cc2)cc1Cl. The Morgan fingerprint density at radius 3 is 2.33 bits per heavy atom. The highest BCUT2D eigenvalue weighted by Gasteiger charge is 2.26. The molecule has 144 valence electrons. The highest BCUT2D eigenvalue weighted by molar-refractivity contribution is 7.91. The molecule has 6 nitrogen and oxygen atoms in total. The van der Waals surface area contributed by atoms with Gasteiger partial charge in [0.15, 0.2) is 6.61 Å². The first-order chi connectivity index (χ1) is 12.6. The molecule has 0 unspecified atom stereocenters. The monoisotopic (exact) mass is 417 g/mol. The Morgan fingerprint density at radius 1 is 1.15 bits per heavy atom. The Bertz CT molecular complexity index is 962. The Morgan fingerprint density at radius 2 is 1.78 bits per heavy atom. The summed E-state index contributed by atoms with van der Waals surface area (Å²) in [7, 11) is -4.75. The molecule has 27 heavy (non-hydrogen) atoms. The molecule has 0 aromatic heterocycles. The fourth-order valence-electron chi connectivity index (χ4n) is 1.97. The van der Waals surface area contributed by atoms with E-state index in [1.807, 2.05) is 0 Å². The molecule has 0 atom stereocenters. The van der Waals surface area contributed by atoms with Crippen LogP contribution in [0.1, 0.15) is 15.9 Å². The van der Waals surface area contributed by atoms with Gasteiger partial charge >= 0.3 is 11.7 Å². The van der Waals surface area contributed by atoms with E-state index >= 15 is 0 Å². The molecule has 2 aromatic rings. The van der Waals surface area contributed by atoms with Crippen molar-refractivity contribution in [2.45, 2.75) is 17.6 Å². The molecule has 2 aromatic carbocycles. The first-order valence-corrected chi connectivity index (χ1v) is 9.39. The number of sulfone groups is 1. The molecular formula is C17H14ClF2NO5S. The van der Waals surface area contributed by atoms with E-state index in [9.17, 15) is 26.8 Å². The molecule has 1 N–H and O–H groups in total. The lowest BCUT2D eigenvalue weighted by molar-refractivity contribution is -0.119. The van der Waals surface area contributed by atoms with Crippen LogP contribution in [0, 0.1) is 6.92 Å². The van der Waals surface area contributed by atoms with Crippen LogP contribution in [0.2, 0.25) is 5.02 Å². The summed E-state index contributed by atoms with van der Waals surface area (Å²) in [6, 6.07) is 8.66. The summed E-state index contributed by atoms with van der Waals surface area (Å²) >= 11 is 5.94. The number of benzene rings is 2. The Hall–Kier alpha value is -2.52. The minimum Gasteiger partial charge on any atom is -0.452 e. The van der Waals surface area contributed by atoms with Gasteiger partial charge in [-0.3, -0.25) is 4.79 Å². The number of halogens is 3. The molecule has 0 heterocycles. The van der Waals surface area contributed by atoms with Gasteiger partial charge in [0.2, 0.25) is 9.84 Å². The summed E-state index contributed by atoms with van der Waals surface area (Å²) < 4.78 is 52.4. The van der Waals surface area contributed by atoms with Gasteiger partial charge in [-0.05, 0) is 48.9 Å². The number of esters is 1. The third-order valence-electron chi connectivity index (χ3n) is 3.44. The molecule has 2 rings (SSSR count). The zero-order valence-electron chi connectivity index (χ0n) is 13.9. The lowest BCUT2D eigenvalue weighted by Gasteiger charge is -2.08. The summed E-state index contributed by atoms with van der Waals surface area (Å²) in [5.41, 5.74) is 1.17. The van der Waals surface area contributed by atoms with Crippen LogP contribution in [0.15, 0.2) is 47.4 Å². The summed E-state index contributed by atoms with van der Waals surface area (Å²) in [5.74, 6) is -5.08. The summed E-state index contributed by atoms with van der Waals surface area (Å²) in [6.45, 7) is 1.20. The van der Waals surface area contributed by atoms with Gasteiger partial charge < -0.3 is 10.1 Å². The molecule has 0 radical (unpaired) electrons. The van der Waals surface area contributed by atoms with E-state index in [4.69, 9.17) is 16.3 Å². The largest absolute Gasteiger partial charge is 0.452 e. The Kier molecular flexibility index (Phi) is 6.50. The van der Waals surface area contributed by atoms with Gasteiger partial charge in [0.1, 0.15) is 0 Å². The molecule has 0 aliphatic rings. The predicted molar refractivity (Wildman–Crippen MR) is 94.7 cm³/mol. The second-order valence-corrected chi connectivity index (χ2v) is 7.74. The Balaban J connectivity index is 1.95. The summed E-state index contributed by atoms with van der Waals surface area (Å²) in [5, 5.41) is 2.96. The number of hydrogen-bond acceptors (Lipinski definition) is 5. The highest BCUT2D eigenvalue weighted by atomic mass is 35.5. The van der Waals surface area contributed by atoms with Crippen LogP contribution in [0.5, 0.6) is 0 Å². The predicted octanol–water partition coefficient (Wildman–Crippen LogP) is 3.44. The van der Waals surface area contributed by atoms with Crippen LogP contribution >= 0.6 is 11.6 Å². The van der Waals surface area contributed by atoms with Crippen LogP contribution in [-0.4, -0.2) is 32.7 Å². The van der Waals surface area contributed by atoms with Crippen molar-refractivity contribution in [2.75, 3.05) is 11.9 Å². The van der Waals surface area contributed by atoms with E-state index in [0.29, 0.717) is 10.7 Å². The third kappa shape index (κ3) is 5.24. The van der Waals surface area contributed by atoms with Crippen molar-refractivity contribution in [2.24, 2.45) is 0 Å². The van der Waals surface area contributed by atoms with E-state index in [0.717, 1.165) is 29.8 Å². The first-order valence-electron chi connectivity index (χ1n) is 7.46. The number of hydrogen-bond donors (Lipinski definition) is 1. The van der Waals surface area contributed by atoms with Crippen LogP contribution in [0.3, 0.4) is 0 Å². The second-order valence-electron chi connectivity index (χ2n) is 5.42. The van der Waals surface area contributed by atoms with Crippen molar-refractivity contribution in [3.63, 3.8) is 0 Å². The zero-order valence-corrected chi connectivity index (χ0v) is 15.5. The molecule has 0 spiro atoms. The number of rotatable bonds is 6. The number of ether oxygens (including phenoxy) is 1. The maximum Gasteiger partial charge on any atom is 0.341 e. The van der Waals surface area contributed by atoms with E-state index in [-0.39, 0.29) is 5.56 Å². The molecule has 0 aliphatic carbocycles. The molecule has 0 saturated heterocycles. The van der Waals surface area contributed by atoms with Gasteiger partial charge in [-0.15, -0.1) is 0 Å². The number of amides is 1. The van der Waals surface area contributed by atoms with Crippen LogP contribution in [0.25, 0.3) is 0 Å². The minimum absolute atomic E-state index is 0.0885. The van der Waals surface area contributed by atoms with Gasteiger partial charge in [-0.1, -0.05) is 17.7 Å². The van der Waals surface area contributed by atoms with Crippen molar-refractivity contribution >= 4 is 39.0 Å². The normalized spacial score (nSPS) is 11.3. The van der Waals surface area contributed by atoms with Crippen LogP contribution in [0.4, 0.5) is 14.5 Å². The second kappa shape index (κ2) is 8.45. The lowest BCUT2D eigenvalue weighted by Crippen LogP contribution is -2.21. The average Bonchev–Trinajstić information content (AvgIpc) is 2.62. The maximum atomic E-state index is 12.5. The van der Waals surface area contributed by atoms with Crippen molar-refractivity contribution in [1.29, 1.82) is 0 Å². The molecular weight excluding hydrogens is 404 g/mol. The van der Waals surface area contributed by atoms with Gasteiger partial charge in [0.05, 0.1) is 10.5 Å². The van der Waals surface area contributed by atoms with Gasteiger partial charge in [0.25, 0.3) is 5.91 Å². The highest BCUT2D eigenvalue weighted by Crippen LogP contribution is 2.20. The number of alkyl halides is 2. The van der Waals surface area contributed by atoms with E-state index in [1.54, 1.807) is 25.1 Å². The maximum absolute atomic E-state index is 12.5. The fraction of sp³-hybridized carbons (Fsp3) is 0.176. The number of carbonyl (C=O) groups is 2. The number of carbonyl (C=O) groups excluding carboxylic acids is 2. The zero-order chi connectivity index (χ0) is 20.2. The van der Waals surface area contributed by atoms with E-state index in [1.165, 1.54) is 0 Å². The van der Waals surface area contributed by atoms with Crippen molar-refractivity contribution in [3.05, 3.63) is 58.6 Å². The molecule has 0 saturated carbocycles. The van der Waals surface area contributed by atoms with Gasteiger partial charge in [0, 0.05) is 10.7 Å². The summed E-state index contributed by atoms with van der Waals surface area (Å²) in [4.78, 5) is 23.1. The van der Waals surface area contributed by atoms with E-state index < -0.39 is 39.0 Å². The topological polar surface area (TPSA) is 89.5 Å². The van der Waals surface area contributed by atoms with Crippen molar-refractivity contribution in [1.82, 2.24) is 0 Å². The van der Waals surface area contributed by atoms with Crippen LogP contribution in [-0.2, 0) is 19.4 Å². The fourth-order valence-corrected chi connectivity index (χ4v) is 2.87. The van der Waals surface area contributed by atoms with Crippen molar-refractivity contribution < 1.29 is 31.5 Å². The van der Waals surface area contributed by atoms with Crippen molar-refractivity contribution in [3.8, 4) is 0 Å². The van der Waals surface area contributed by atoms with Gasteiger partial charge in [-0.25, -0.2) is 13.2 Å². The lowest BCUT2D eigenvalue weighted by atomic mass is 10.2. The molecule has 0 aliphatic heterocycles. The molecule has 0 fully saturated rings. The number of aryl methyl sites for hydroxylation is 1. The van der Waals surface area contributed by atoms with Crippen LogP contribution < -0.4 is 5.32 Å². The van der Waals surface area contributed by atoms with Gasteiger partial charge in [-0.2, -0.15) is 8.78 Å².